The third-order valence-electron chi connectivity index (χ3n) is 2.64. The van der Waals surface area contributed by atoms with E-state index in [0.717, 1.165) is 22.2 Å². The number of rotatable bonds is 1. The summed E-state index contributed by atoms with van der Waals surface area (Å²) < 4.78 is 5.23. The van der Waals surface area contributed by atoms with Crippen LogP contribution in [0.2, 0.25) is 0 Å². The number of benzene rings is 1. The van der Waals surface area contributed by atoms with Crippen molar-refractivity contribution in [2.45, 2.75) is 33.3 Å². The Balaban J connectivity index is 2.21. The number of amides is 1. The van der Waals surface area contributed by atoms with Gasteiger partial charge in [0.25, 0.3) is 0 Å². The zero-order valence-corrected chi connectivity index (χ0v) is 11.1. The Bertz CT molecular complexity index is 579. The summed E-state index contributed by atoms with van der Waals surface area (Å²) in [4.78, 5) is 14.8. The number of H-pyrrole nitrogens is 1. The van der Waals surface area contributed by atoms with Crippen molar-refractivity contribution >= 4 is 22.7 Å². The minimum absolute atomic E-state index is 0.430. The number of aryl methyl sites for hydroxylation is 1. The third-order valence-corrected chi connectivity index (χ3v) is 2.64. The summed E-state index contributed by atoms with van der Waals surface area (Å²) in [6.07, 6.45) is 1.45. The van der Waals surface area contributed by atoms with Crippen molar-refractivity contribution in [2.24, 2.45) is 0 Å². The van der Waals surface area contributed by atoms with Gasteiger partial charge in [0.05, 0.1) is 0 Å². The van der Waals surface area contributed by atoms with Crippen molar-refractivity contribution in [3.63, 3.8) is 0 Å². The number of carbonyl (C=O) groups is 1. The van der Waals surface area contributed by atoms with Crippen LogP contribution >= 0.6 is 0 Å². The zero-order valence-electron chi connectivity index (χ0n) is 11.1. The fourth-order valence-corrected chi connectivity index (χ4v) is 1.83. The number of aromatic nitrogens is 1. The highest BCUT2D eigenvalue weighted by atomic mass is 16.6. The van der Waals surface area contributed by atoms with Crippen molar-refractivity contribution in [2.75, 3.05) is 5.32 Å². The maximum atomic E-state index is 11.7. The molecule has 0 unspecified atom stereocenters. The van der Waals surface area contributed by atoms with Gasteiger partial charge in [-0.2, -0.15) is 0 Å². The normalized spacial score (nSPS) is 11.6. The summed E-state index contributed by atoms with van der Waals surface area (Å²) in [5.74, 6) is 0. The van der Waals surface area contributed by atoms with Gasteiger partial charge >= 0.3 is 6.09 Å². The summed E-state index contributed by atoms with van der Waals surface area (Å²) in [5, 5.41) is 3.87. The average Bonchev–Trinajstić information content (AvgIpc) is 2.68. The Morgan fingerprint density at radius 2 is 2.00 bits per heavy atom. The number of nitrogens with one attached hydrogen (secondary N) is 2. The molecule has 2 aromatic rings. The zero-order chi connectivity index (χ0) is 13.3. The first-order chi connectivity index (χ1) is 8.37. The predicted octanol–water partition coefficient (Wildman–Crippen LogP) is 3.82. The Labute approximate surface area is 106 Å². The molecule has 0 bridgehead atoms. The van der Waals surface area contributed by atoms with E-state index in [1.165, 1.54) is 0 Å². The molecule has 18 heavy (non-hydrogen) atoms. The van der Waals surface area contributed by atoms with Gasteiger partial charge in [-0.15, -0.1) is 0 Å². The molecule has 0 saturated heterocycles. The summed E-state index contributed by atoms with van der Waals surface area (Å²) in [5.41, 5.74) is 2.37. The van der Waals surface area contributed by atoms with Crippen LogP contribution in [-0.2, 0) is 4.74 Å². The van der Waals surface area contributed by atoms with Gasteiger partial charge in [-0.05, 0) is 51.5 Å². The number of carbonyl (C=O) groups excluding carboxylic acids is 1. The molecule has 1 aromatic carbocycles. The molecular formula is C14H18N2O2. The van der Waals surface area contributed by atoms with Crippen LogP contribution in [0.5, 0.6) is 0 Å². The number of fused-ring (bicyclic) bond motifs is 1. The molecule has 0 aliphatic heterocycles. The molecule has 2 N–H and O–H groups in total. The summed E-state index contributed by atoms with van der Waals surface area (Å²) in [7, 11) is 0. The van der Waals surface area contributed by atoms with Crippen molar-refractivity contribution < 1.29 is 9.53 Å². The lowest BCUT2D eigenvalue weighted by Gasteiger charge is -2.20. The molecule has 0 spiro atoms. The first kappa shape index (κ1) is 12.5. The van der Waals surface area contributed by atoms with Gasteiger partial charge in [-0.1, -0.05) is 0 Å². The number of anilines is 1. The van der Waals surface area contributed by atoms with Crippen LogP contribution in [0, 0.1) is 6.92 Å². The second kappa shape index (κ2) is 4.37. The Hall–Kier alpha value is -1.97. The third kappa shape index (κ3) is 2.64. The summed E-state index contributed by atoms with van der Waals surface area (Å²) >= 11 is 0. The molecule has 0 radical (unpaired) electrons. The second-order valence-corrected chi connectivity index (χ2v) is 5.30. The monoisotopic (exact) mass is 246 g/mol. The highest BCUT2D eigenvalue weighted by molar-refractivity contribution is 5.93. The maximum absolute atomic E-state index is 11.7. The quantitative estimate of drug-likeness (QED) is 0.803. The van der Waals surface area contributed by atoms with Crippen LogP contribution in [-0.4, -0.2) is 16.7 Å². The molecule has 0 aliphatic rings. The van der Waals surface area contributed by atoms with E-state index in [1.807, 2.05) is 52.1 Å². The highest BCUT2D eigenvalue weighted by Gasteiger charge is 2.17. The maximum Gasteiger partial charge on any atom is 0.412 e. The molecule has 0 saturated carbocycles. The highest BCUT2D eigenvalue weighted by Crippen LogP contribution is 2.25. The van der Waals surface area contributed by atoms with Crippen LogP contribution in [0.25, 0.3) is 10.9 Å². The van der Waals surface area contributed by atoms with Crippen LogP contribution in [0.1, 0.15) is 26.3 Å². The second-order valence-electron chi connectivity index (χ2n) is 5.30. The van der Waals surface area contributed by atoms with Gasteiger partial charge in [-0.25, -0.2) is 4.79 Å². The van der Waals surface area contributed by atoms with Gasteiger partial charge < -0.3 is 9.72 Å². The summed E-state index contributed by atoms with van der Waals surface area (Å²) in [6, 6.07) is 5.80. The molecule has 1 heterocycles. The number of hydrogen-bond donors (Lipinski definition) is 2. The number of hydrogen-bond acceptors (Lipinski definition) is 2. The number of ether oxygens (including phenoxy) is 1. The molecule has 0 atom stereocenters. The van der Waals surface area contributed by atoms with Crippen molar-refractivity contribution in [1.82, 2.24) is 4.98 Å². The van der Waals surface area contributed by atoms with Gasteiger partial charge in [0.1, 0.15) is 5.60 Å². The fraction of sp³-hybridized carbons (Fsp3) is 0.357. The minimum atomic E-state index is -0.490. The Morgan fingerprint density at radius 1 is 1.28 bits per heavy atom. The molecule has 0 aliphatic carbocycles. The Kier molecular flexibility index (Phi) is 3.03. The lowest BCUT2D eigenvalue weighted by Crippen LogP contribution is -2.27. The van der Waals surface area contributed by atoms with Crippen LogP contribution in [0.15, 0.2) is 24.4 Å². The van der Waals surface area contributed by atoms with E-state index in [1.54, 1.807) is 0 Å². The molecule has 96 valence electrons. The average molecular weight is 246 g/mol. The van der Waals surface area contributed by atoms with E-state index in [2.05, 4.69) is 10.3 Å². The smallest absolute Gasteiger partial charge is 0.412 e. The van der Waals surface area contributed by atoms with E-state index in [4.69, 9.17) is 4.74 Å². The van der Waals surface area contributed by atoms with E-state index >= 15 is 0 Å². The van der Waals surface area contributed by atoms with E-state index in [0.29, 0.717) is 0 Å². The molecule has 1 aromatic heterocycles. The van der Waals surface area contributed by atoms with Gasteiger partial charge in [0.15, 0.2) is 0 Å². The molecule has 0 fully saturated rings. The van der Waals surface area contributed by atoms with Crippen molar-refractivity contribution in [3.8, 4) is 0 Å². The lowest BCUT2D eigenvalue weighted by atomic mass is 10.1. The minimum Gasteiger partial charge on any atom is -0.444 e. The first-order valence-electron chi connectivity index (χ1n) is 5.93. The fourth-order valence-electron chi connectivity index (χ4n) is 1.83. The lowest BCUT2D eigenvalue weighted by molar-refractivity contribution is 0.0636. The van der Waals surface area contributed by atoms with Gasteiger partial charge in [0, 0.05) is 22.8 Å². The topological polar surface area (TPSA) is 54.1 Å². The van der Waals surface area contributed by atoms with E-state index in [-0.39, 0.29) is 0 Å². The van der Waals surface area contributed by atoms with Gasteiger partial charge in [0.2, 0.25) is 0 Å². The summed E-state index contributed by atoms with van der Waals surface area (Å²) in [6.45, 7) is 7.50. The van der Waals surface area contributed by atoms with Crippen LogP contribution in [0.3, 0.4) is 0 Å². The SMILES string of the molecule is Cc1c(NC(=O)OC(C)(C)C)ccc2[nH]ccc12. The van der Waals surface area contributed by atoms with Crippen molar-refractivity contribution in [3.05, 3.63) is 30.0 Å². The Morgan fingerprint density at radius 3 is 2.67 bits per heavy atom. The molecule has 1 amide bonds. The predicted molar refractivity (Wildman–Crippen MR) is 72.9 cm³/mol. The molecule has 4 nitrogen and oxygen atoms in total. The van der Waals surface area contributed by atoms with Crippen LogP contribution in [0.4, 0.5) is 10.5 Å². The molecule has 2 rings (SSSR count). The van der Waals surface area contributed by atoms with Gasteiger partial charge in [-0.3, -0.25) is 5.32 Å². The largest absolute Gasteiger partial charge is 0.444 e. The molecule has 4 heteroatoms. The van der Waals surface area contributed by atoms with E-state index in [9.17, 15) is 4.79 Å². The van der Waals surface area contributed by atoms with E-state index < -0.39 is 11.7 Å². The standard InChI is InChI=1S/C14H18N2O2/c1-9-10-7-8-15-12(10)6-5-11(9)16-13(17)18-14(2,3)4/h5-8,15H,1-4H3,(H,16,17). The van der Waals surface area contributed by atoms with Crippen molar-refractivity contribution in [1.29, 1.82) is 0 Å². The first-order valence-corrected chi connectivity index (χ1v) is 5.93. The number of aromatic amines is 1. The van der Waals surface area contributed by atoms with Crippen LogP contribution < -0.4 is 5.32 Å². The molecular weight excluding hydrogens is 228 g/mol.